The van der Waals surface area contributed by atoms with Crippen LogP contribution in [-0.4, -0.2) is 61.5 Å². The molecular weight excluding hydrogens is 252 g/mol. The first-order chi connectivity index (χ1) is 9.34. The molecule has 0 radical (unpaired) electrons. The molecule has 0 aromatic heterocycles. The molecule has 0 aromatic rings. The van der Waals surface area contributed by atoms with E-state index in [1.54, 1.807) is 7.11 Å². The number of nitrogens with one attached hydrogen (secondary N) is 1. The molecule has 4 nitrogen and oxygen atoms in total. The lowest BCUT2D eigenvalue weighted by atomic mass is 9.92. The van der Waals surface area contributed by atoms with E-state index in [-0.39, 0.29) is 11.2 Å². The third kappa shape index (κ3) is 3.94. The maximum absolute atomic E-state index is 6.27. The fraction of sp³-hybridized carbons (Fsp3) is 1.00. The highest BCUT2D eigenvalue weighted by Crippen LogP contribution is 2.40. The lowest BCUT2D eigenvalue weighted by molar-refractivity contribution is -0.0820. The van der Waals surface area contributed by atoms with E-state index in [9.17, 15) is 0 Å². The highest BCUT2D eigenvalue weighted by molar-refractivity contribution is 5.00. The van der Waals surface area contributed by atoms with Crippen LogP contribution < -0.4 is 5.32 Å². The first-order valence-electron chi connectivity index (χ1n) is 8.01. The van der Waals surface area contributed by atoms with Crippen LogP contribution in [0.3, 0.4) is 0 Å². The fourth-order valence-corrected chi connectivity index (χ4v) is 3.88. The van der Waals surface area contributed by atoms with Gasteiger partial charge in [0.2, 0.25) is 0 Å². The predicted octanol–water partition coefficient (Wildman–Crippen LogP) is 2.03. The Morgan fingerprint density at radius 3 is 2.55 bits per heavy atom. The van der Waals surface area contributed by atoms with Crippen LogP contribution in [-0.2, 0) is 9.47 Å². The van der Waals surface area contributed by atoms with Gasteiger partial charge in [0, 0.05) is 32.3 Å². The van der Waals surface area contributed by atoms with Crippen molar-refractivity contribution in [3.8, 4) is 0 Å². The molecule has 0 spiro atoms. The molecule has 2 aliphatic rings. The summed E-state index contributed by atoms with van der Waals surface area (Å²) < 4.78 is 11.6. The summed E-state index contributed by atoms with van der Waals surface area (Å²) in [5.74, 6) is 0. The minimum absolute atomic E-state index is 0.0252. The zero-order valence-electron chi connectivity index (χ0n) is 13.9. The number of rotatable bonds is 6. The Hall–Kier alpha value is -0.160. The van der Waals surface area contributed by atoms with Gasteiger partial charge in [-0.1, -0.05) is 0 Å². The van der Waals surface area contributed by atoms with Gasteiger partial charge in [-0.2, -0.15) is 0 Å². The van der Waals surface area contributed by atoms with Crippen molar-refractivity contribution in [1.29, 1.82) is 0 Å². The number of methoxy groups -OCH3 is 1. The molecule has 1 N–H and O–H groups in total. The van der Waals surface area contributed by atoms with Gasteiger partial charge < -0.3 is 14.8 Å². The lowest BCUT2D eigenvalue weighted by Gasteiger charge is -2.37. The van der Waals surface area contributed by atoms with Crippen LogP contribution in [0.5, 0.6) is 0 Å². The van der Waals surface area contributed by atoms with E-state index >= 15 is 0 Å². The van der Waals surface area contributed by atoms with Crippen molar-refractivity contribution in [2.45, 2.75) is 70.2 Å². The average molecular weight is 284 g/mol. The van der Waals surface area contributed by atoms with Gasteiger partial charge in [0.25, 0.3) is 0 Å². The zero-order valence-corrected chi connectivity index (χ0v) is 13.9. The number of hydrogen-bond donors (Lipinski definition) is 1. The van der Waals surface area contributed by atoms with Gasteiger partial charge in [-0.3, -0.25) is 4.90 Å². The van der Waals surface area contributed by atoms with Gasteiger partial charge in [0.1, 0.15) is 0 Å². The van der Waals surface area contributed by atoms with Gasteiger partial charge in [-0.15, -0.1) is 0 Å². The predicted molar refractivity (Wildman–Crippen MR) is 82.1 cm³/mol. The SMILES string of the molecule is COCCN(CC1CCCN1)C1CC(C)(C)OC1(C)C. The molecule has 2 heterocycles. The third-order valence-electron chi connectivity index (χ3n) is 4.67. The number of nitrogens with zero attached hydrogens (tertiary/aromatic N) is 1. The number of hydrogen-bond acceptors (Lipinski definition) is 4. The molecule has 0 amide bonds. The first-order valence-corrected chi connectivity index (χ1v) is 8.01. The topological polar surface area (TPSA) is 33.7 Å². The Morgan fingerprint density at radius 1 is 1.30 bits per heavy atom. The molecule has 2 fully saturated rings. The van der Waals surface area contributed by atoms with E-state index in [1.165, 1.54) is 19.4 Å². The molecule has 2 unspecified atom stereocenters. The molecule has 118 valence electrons. The number of ether oxygens (including phenoxy) is 2. The van der Waals surface area contributed by atoms with Crippen LogP contribution in [0.25, 0.3) is 0 Å². The molecule has 2 aliphatic heterocycles. The second kappa shape index (κ2) is 6.30. The summed E-state index contributed by atoms with van der Waals surface area (Å²) >= 11 is 0. The van der Waals surface area contributed by atoms with E-state index in [4.69, 9.17) is 9.47 Å². The van der Waals surface area contributed by atoms with Crippen molar-refractivity contribution in [1.82, 2.24) is 10.2 Å². The molecule has 2 rings (SSSR count). The highest BCUT2D eigenvalue weighted by atomic mass is 16.5. The Labute approximate surface area is 124 Å². The summed E-state index contributed by atoms with van der Waals surface area (Å²) in [7, 11) is 1.78. The third-order valence-corrected chi connectivity index (χ3v) is 4.67. The normalized spacial score (nSPS) is 32.1. The van der Waals surface area contributed by atoms with Gasteiger partial charge in [0.15, 0.2) is 0 Å². The van der Waals surface area contributed by atoms with E-state index < -0.39 is 0 Å². The monoisotopic (exact) mass is 284 g/mol. The molecule has 4 heteroatoms. The molecule has 0 bridgehead atoms. The van der Waals surface area contributed by atoms with Crippen molar-refractivity contribution in [3.05, 3.63) is 0 Å². The first kappa shape index (κ1) is 16.2. The summed E-state index contributed by atoms with van der Waals surface area (Å²) in [5, 5.41) is 3.61. The summed E-state index contributed by atoms with van der Waals surface area (Å²) in [5.41, 5.74) is -0.113. The van der Waals surface area contributed by atoms with Crippen LogP contribution in [0, 0.1) is 0 Å². The summed E-state index contributed by atoms with van der Waals surface area (Å²) in [4.78, 5) is 2.58. The van der Waals surface area contributed by atoms with Gasteiger partial charge in [0.05, 0.1) is 17.8 Å². The fourth-order valence-electron chi connectivity index (χ4n) is 3.88. The van der Waals surface area contributed by atoms with Crippen LogP contribution in [0.1, 0.15) is 47.0 Å². The smallest absolute Gasteiger partial charge is 0.0789 e. The summed E-state index contributed by atoms with van der Waals surface area (Å²) in [6.45, 7) is 12.9. The van der Waals surface area contributed by atoms with Crippen LogP contribution in [0.2, 0.25) is 0 Å². The zero-order chi connectivity index (χ0) is 14.8. The van der Waals surface area contributed by atoms with Gasteiger partial charge >= 0.3 is 0 Å². The van der Waals surface area contributed by atoms with E-state index in [0.717, 1.165) is 26.1 Å². The van der Waals surface area contributed by atoms with E-state index in [1.807, 2.05) is 0 Å². The van der Waals surface area contributed by atoms with E-state index in [2.05, 4.69) is 37.9 Å². The molecule has 2 atom stereocenters. The molecule has 2 saturated heterocycles. The Kier molecular flexibility index (Phi) is 5.11. The van der Waals surface area contributed by atoms with Crippen LogP contribution >= 0.6 is 0 Å². The van der Waals surface area contributed by atoms with Crippen molar-refractivity contribution < 1.29 is 9.47 Å². The van der Waals surface area contributed by atoms with Gasteiger partial charge in [-0.05, 0) is 53.5 Å². The highest BCUT2D eigenvalue weighted by Gasteiger charge is 2.48. The maximum atomic E-state index is 6.27. The maximum Gasteiger partial charge on any atom is 0.0789 e. The molecule has 0 aliphatic carbocycles. The average Bonchev–Trinajstić information content (AvgIpc) is 2.89. The Bertz CT molecular complexity index is 312. The molecule has 0 saturated carbocycles. The lowest BCUT2D eigenvalue weighted by Crippen LogP contribution is -2.51. The second-order valence-electron chi connectivity index (χ2n) is 7.47. The van der Waals surface area contributed by atoms with Crippen molar-refractivity contribution in [2.75, 3.05) is 33.4 Å². The largest absolute Gasteiger partial charge is 0.383 e. The molecule has 0 aromatic carbocycles. The van der Waals surface area contributed by atoms with Crippen molar-refractivity contribution >= 4 is 0 Å². The van der Waals surface area contributed by atoms with Crippen LogP contribution in [0.15, 0.2) is 0 Å². The second-order valence-corrected chi connectivity index (χ2v) is 7.47. The van der Waals surface area contributed by atoms with E-state index in [0.29, 0.717) is 12.1 Å². The molecule has 20 heavy (non-hydrogen) atoms. The summed E-state index contributed by atoms with van der Waals surface area (Å²) in [6.07, 6.45) is 3.69. The molecular formula is C16H32N2O2. The minimum Gasteiger partial charge on any atom is -0.383 e. The van der Waals surface area contributed by atoms with Crippen molar-refractivity contribution in [3.63, 3.8) is 0 Å². The quantitative estimate of drug-likeness (QED) is 0.809. The Morgan fingerprint density at radius 2 is 2.05 bits per heavy atom. The minimum atomic E-state index is -0.0875. The summed E-state index contributed by atoms with van der Waals surface area (Å²) in [6, 6.07) is 1.10. The van der Waals surface area contributed by atoms with Gasteiger partial charge in [-0.25, -0.2) is 0 Å². The van der Waals surface area contributed by atoms with Crippen molar-refractivity contribution in [2.24, 2.45) is 0 Å². The van der Waals surface area contributed by atoms with Crippen LogP contribution in [0.4, 0.5) is 0 Å². The Balaban J connectivity index is 2.04. The standard InChI is InChI=1S/C16H32N2O2/c1-15(2)11-14(16(3,4)20-15)18(9-10-19-5)12-13-7-6-8-17-13/h13-14,17H,6-12H2,1-5H3.